The Kier molecular flexibility index (Phi) is 5.15. The third-order valence-corrected chi connectivity index (χ3v) is 5.99. The topological polar surface area (TPSA) is 43.6 Å². The number of carbonyl (C=O) groups excluding carboxylic acids is 1. The molecule has 0 bridgehead atoms. The van der Waals surface area contributed by atoms with Gasteiger partial charge in [-0.25, -0.2) is 0 Å². The van der Waals surface area contributed by atoms with Crippen LogP contribution in [0, 0.1) is 0 Å². The van der Waals surface area contributed by atoms with Crippen molar-refractivity contribution < 1.29 is 9.53 Å². The minimum atomic E-state index is -0.328. The average Bonchev–Trinajstić information content (AvgIpc) is 3.03. The fourth-order valence-electron chi connectivity index (χ4n) is 3.14. The van der Waals surface area contributed by atoms with Crippen LogP contribution in [0.15, 0.2) is 76.7 Å². The molecule has 140 valence electrons. The molecule has 4 aromatic rings. The van der Waals surface area contributed by atoms with Crippen LogP contribution in [0.25, 0.3) is 21.0 Å². The van der Waals surface area contributed by atoms with Gasteiger partial charge in [-0.1, -0.05) is 57.6 Å². The van der Waals surface area contributed by atoms with Gasteiger partial charge in [0.15, 0.2) is 4.80 Å². The predicted molar refractivity (Wildman–Crippen MR) is 118 cm³/mol. The standard InChI is InChI=1S/C22H17BrN2O2S/c1-3-10-25-18-9-8-16(23)13-20(18)28-22(25)24-21(26)17-11-14-6-4-5-7-15(14)12-19(17)27-2/h3-9,11-13H,1,10H2,2H3. The summed E-state index contributed by atoms with van der Waals surface area (Å²) >= 11 is 4.97. The molecule has 28 heavy (non-hydrogen) atoms. The highest BCUT2D eigenvalue weighted by atomic mass is 79.9. The smallest absolute Gasteiger partial charge is 0.283 e. The summed E-state index contributed by atoms with van der Waals surface area (Å²) in [6, 6.07) is 17.6. The minimum Gasteiger partial charge on any atom is -0.496 e. The number of halogens is 1. The van der Waals surface area contributed by atoms with Crippen molar-refractivity contribution in [3.05, 3.63) is 82.1 Å². The van der Waals surface area contributed by atoms with Crippen molar-refractivity contribution in [3.8, 4) is 5.75 Å². The SMILES string of the molecule is C=CCn1c(=NC(=O)c2cc3ccccc3cc2OC)sc2cc(Br)ccc21. The molecule has 0 N–H and O–H groups in total. The molecule has 0 saturated heterocycles. The largest absolute Gasteiger partial charge is 0.496 e. The van der Waals surface area contributed by atoms with Crippen LogP contribution >= 0.6 is 27.3 Å². The highest BCUT2D eigenvalue weighted by Crippen LogP contribution is 2.27. The van der Waals surface area contributed by atoms with E-state index >= 15 is 0 Å². The van der Waals surface area contributed by atoms with Crippen molar-refractivity contribution >= 4 is 54.2 Å². The average molecular weight is 453 g/mol. The number of carbonyl (C=O) groups is 1. The first kappa shape index (κ1) is 18.7. The second-order valence-electron chi connectivity index (χ2n) is 6.21. The van der Waals surface area contributed by atoms with E-state index in [4.69, 9.17) is 4.74 Å². The van der Waals surface area contributed by atoms with Gasteiger partial charge in [0.25, 0.3) is 5.91 Å². The molecule has 0 fully saturated rings. The minimum absolute atomic E-state index is 0.328. The second-order valence-corrected chi connectivity index (χ2v) is 8.14. The monoisotopic (exact) mass is 452 g/mol. The molecule has 3 aromatic carbocycles. The molecule has 0 aliphatic rings. The van der Waals surface area contributed by atoms with Crippen LogP contribution in [-0.2, 0) is 6.54 Å². The van der Waals surface area contributed by atoms with Crippen molar-refractivity contribution in [1.82, 2.24) is 4.57 Å². The Morgan fingerprint density at radius 1 is 1.21 bits per heavy atom. The van der Waals surface area contributed by atoms with Crippen LogP contribution in [0.4, 0.5) is 0 Å². The van der Waals surface area contributed by atoms with E-state index in [1.54, 1.807) is 13.2 Å². The number of nitrogens with zero attached hydrogens (tertiary/aromatic N) is 2. The summed E-state index contributed by atoms with van der Waals surface area (Å²) in [7, 11) is 1.57. The molecule has 0 atom stereocenters. The zero-order valence-electron chi connectivity index (χ0n) is 15.2. The number of ether oxygens (including phenoxy) is 1. The summed E-state index contributed by atoms with van der Waals surface area (Å²) in [6.45, 7) is 4.40. The zero-order valence-corrected chi connectivity index (χ0v) is 17.6. The Hall–Kier alpha value is -2.70. The van der Waals surface area contributed by atoms with E-state index in [0.717, 1.165) is 25.5 Å². The molecule has 4 rings (SSSR count). The van der Waals surface area contributed by atoms with Crippen LogP contribution in [0.1, 0.15) is 10.4 Å². The Morgan fingerprint density at radius 2 is 1.96 bits per heavy atom. The number of fused-ring (bicyclic) bond motifs is 2. The number of thiazole rings is 1. The van der Waals surface area contributed by atoms with Gasteiger partial charge in [-0.15, -0.1) is 6.58 Å². The van der Waals surface area contributed by atoms with Crippen LogP contribution < -0.4 is 9.54 Å². The molecule has 0 aliphatic carbocycles. The molecule has 0 saturated carbocycles. The van der Waals surface area contributed by atoms with Crippen molar-refractivity contribution in [3.63, 3.8) is 0 Å². The second kappa shape index (κ2) is 7.73. The van der Waals surface area contributed by atoms with Gasteiger partial charge < -0.3 is 9.30 Å². The lowest BCUT2D eigenvalue weighted by Gasteiger charge is -2.08. The highest BCUT2D eigenvalue weighted by Gasteiger charge is 2.14. The first-order chi connectivity index (χ1) is 13.6. The van der Waals surface area contributed by atoms with Gasteiger partial charge in [0, 0.05) is 11.0 Å². The predicted octanol–water partition coefficient (Wildman–Crippen LogP) is 5.55. The number of hydrogen-bond acceptors (Lipinski definition) is 3. The molecule has 0 unspecified atom stereocenters. The fraction of sp³-hybridized carbons (Fsp3) is 0.0909. The van der Waals surface area contributed by atoms with E-state index in [-0.39, 0.29) is 5.91 Å². The number of rotatable bonds is 4. The summed E-state index contributed by atoms with van der Waals surface area (Å²) in [6.07, 6.45) is 1.80. The van der Waals surface area contributed by atoms with Gasteiger partial charge in [-0.05, 0) is 41.1 Å². The van der Waals surface area contributed by atoms with E-state index in [1.165, 1.54) is 11.3 Å². The summed E-state index contributed by atoms with van der Waals surface area (Å²) in [5.74, 6) is 0.192. The van der Waals surface area contributed by atoms with Crippen molar-refractivity contribution in [2.45, 2.75) is 6.54 Å². The normalized spacial score (nSPS) is 11.9. The lowest BCUT2D eigenvalue weighted by atomic mass is 10.1. The Morgan fingerprint density at radius 3 is 2.68 bits per heavy atom. The molecule has 1 aromatic heterocycles. The van der Waals surface area contributed by atoms with Gasteiger partial charge >= 0.3 is 0 Å². The summed E-state index contributed by atoms with van der Waals surface area (Å²) in [4.78, 5) is 18.1. The summed E-state index contributed by atoms with van der Waals surface area (Å²) in [5, 5.41) is 1.99. The van der Waals surface area contributed by atoms with Crippen molar-refractivity contribution in [2.24, 2.45) is 4.99 Å². The number of allylic oxidation sites excluding steroid dienone is 1. The van der Waals surface area contributed by atoms with E-state index in [2.05, 4.69) is 27.5 Å². The van der Waals surface area contributed by atoms with Crippen molar-refractivity contribution in [1.29, 1.82) is 0 Å². The lowest BCUT2D eigenvalue weighted by molar-refractivity contribution is 0.0995. The third kappa shape index (κ3) is 3.41. The van der Waals surface area contributed by atoms with E-state index in [9.17, 15) is 4.79 Å². The molecule has 4 nitrogen and oxygen atoms in total. The third-order valence-electron chi connectivity index (χ3n) is 4.45. The van der Waals surface area contributed by atoms with E-state index in [1.807, 2.05) is 59.2 Å². The Bertz CT molecular complexity index is 1290. The maximum atomic E-state index is 13.0. The van der Waals surface area contributed by atoms with Crippen LogP contribution in [0.5, 0.6) is 5.75 Å². The van der Waals surface area contributed by atoms with Crippen LogP contribution in [0.2, 0.25) is 0 Å². The molecular formula is C22H17BrN2O2S. The van der Waals surface area contributed by atoms with Gasteiger partial charge in [-0.2, -0.15) is 4.99 Å². The number of aromatic nitrogens is 1. The van der Waals surface area contributed by atoms with E-state index < -0.39 is 0 Å². The molecule has 1 heterocycles. The highest BCUT2D eigenvalue weighted by molar-refractivity contribution is 9.10. The van der Waals surface area contributed by atoms with Gasteiger partial charge in [0.2, 0.25) is 0 Å². The lowest BCUT2D eigenvalue weighted by Crippen LogP contribution is -2.16. The molecule has 0 radical (unpaired) electrons. The fourth-order valence-corrected chi connectivity index (χ4v) is 4.73. The van der Waals surface area contributed by atoms with Crippen molar-refractivity contribution in [2.75, 3.05) is 7.11 Å². The van der Waals surface area contributed by atoms with Gasteiger partial charge in [-0.3, -0.25) is 4.79 Å². The quantitative estimate of drug-likeness (QED) is 0.380. The molecular weight excluding hydrogens is 436 g/mol. The first-order valence-corrected chi connectivity index (χ1v) is 10.3. The van der Waals surface area contributed by atoms with Gasteiger partial charge in [0.1, 0.15) is 5.75 Å². The summed E-state index contributed by atoms with van der Waals surface area (Å²) in [5.41, 5.74) is 1.47. The molecule has 6 heteroatoms. The Labute approximate surface area is 174 Å². The number of hydrogen-bond donors (Lipinski definition) is 0. The van der Waals surface area contributed by atoms with Gasteiger partial charge in [0.05, 0.1) is 22.9 Å². The number of amides is 1. The number of benzene rings is 3. The van der Waals surface area contributed by atoms with Crippen LogP contribution in [0.3, 0.4) is 0 Å². The maximum absolute atomic E-state index is 13.0. The summed E-state index contributed by atoms with van der Waals surface area (Å²) < 4.78 is 9.49. The molecule has 0 spiro atoms. The first-order valence-electron chi connectivity index (χ1n) is 8.66. The zero-order chi connectivity index (χ0) is 19.7. The maximum Gasteiger partial charge on any atom is 0.283 e. The molecule has 1 amide bonds. The van der Waals surface area contributed by atoms with Crippen LogP contribution in [-0.4, -0.2) is 17.6 Å². The van der Waals surface area contributed by atoms with E-state index in [0.29, 0.717) is 22.7 Å². The Balaban J connectivity index is 1.89. The number of methoxy groups -OCH3 is 1. The molecule has 0 aliphatic heterocycles.